The van der Waals surface area contributed by atoms with Gasteiger partial charge in [0.05, 0.1) is 11.8 Å². The number of carbonyl (C=O) groups is 1. The molecule has 0 fully saturated rings. The molecule has 9 heteroatoms. The summed E-state index contributed by atoms with van der Waals surface area (Å²) < 4.78 is 44.3. The number of rotatable bonds is 5. The third-order valence-corrected chi connectivity index (χ3v) is 4.28. The summed E-state index contributed by atoms with van der Waals surface area (Å²) in [6.45, 7) is 0. The van der Waals surface area contributed by atoms with Crippen LogP contribution in [0.15, 0.2) is 83.7 Å². The van der Waals surface area contributed by atoms with Crippen LogP contribution in [0, 0.1) is 0 Å². The SMILES string of the molecule is O=C(Nc1cccc(Nc2ncc(-c3cccnc3)o2)c1)c1cccc(C(F)(F)F)c1. The Morgan fingerprint density at radius 3 is 2.52 bits per heavy atom. The molecular formula is C22H15F3N4O2. The third-order valence-electron chi connectivity index (χ3n) is 4.28. The zero-order valence-corrected chi connectivity index (χ0v) is 15.9. The summed E-state index contributed by atoms with van der Waals surface area (Å²) in [7, 11) is 0. The molecule has 2 N–H and O–H groups in total. The Bertz CT molecular complexity index is 1210. The van der Waals surface area contributed by atoms with Gasteiger partial charge in [-0.1, -0.05) is 12.1 Å². The van der Waals surface area contributed by atoms with Gasteiger partial charge < -0.3 is 15.1 Å². The molecule has 4 rings (SSSR count). The molecule has 1 amide bonds. The first-order chi connectivity index (χ1) is 14.9. The quantitative estimate of drug-likeness (QED) is 0.426. The lowest BCUT2D eigenvalue weighted by Crippen LogP contribution is -2.14. The van der Waals surface area contributed by atoms with Crippen molar-refractivity contribution in [3.8, 4) is 11.3 Å². The van der Waals surface area contributed by atoms with Gasteiger partial charge in [-0.25, -0.2) is 4.98 Å². The largest absolute Gasteiger partial charge is 0.423 e. The van der Waals surface area contributed by atoms with E-state index < -0.39 is 17.6 Å². The van der Waals surface area contributed by atoms with E-state index in [0.29, 0.717) is 17.1 Å². The van der Waals surface area contributed by atoms with Crippen molar-refractivity contribution in [3.63, 3.8) is 0 Å². The molecule has 2 heterocycles. The predicted molar refractivity (Wildman–Crippen MR) is 109 cm³/mol. The minimum Gasteiger partial charge on any atom is -0.423 e. The van der Waals surface area contributed by atoms with E-state index in [0.717, 1.165) is 17.7 Å². The van der Waals surface area contributed by atoms with Gasteiger partial charge in [0.15, 0.2) is 5.76 Å². The Balaban J connectivity index is 1.47. The number of hydrogen-bond donors (Lipinski definition) is 2. The lowest BCUT2D eigenvalue weighted by atomic mass is 10.1. The fraction of sp³-hybridized carbons (Fsp3) is 0.0455. The summed E-state index contributed by atoms with van der Waals surface area (Å²) in [5.74, 6) is -0.122. The van der Waals surface area contributed by atoms with Crippen molar-refractivity contribution < 1.29 is 22.4 Å². The molecule has 0 aliphatic carbocycles. The molecular weight excluding hydrogens is 409 g/mol. The summed E-state index contributed by atoms with van der Waals surface area (Å²) in [5, 5.41) is 5.57. The van der Waals surface area contributed by atoms with Gasteiger partial charge in [0.1, 0.15) is 0 Å². The number of nitrogens with one attached hydrogen (secondary N) is 2. The molecule has 4 aromatic rings. The molecule has 0 spiro atoms. The van der Waals surface area contributed by atoms with Gasteiger partial charge in [-0.15, -0.1) is 0 Å². The summed E-state index contributed by atoms with van der Waals surface area (Å²) in [5.41, 5.74) is 0.754. The number of anilines is 3. The molecule has 2 aromatic carbocycles. The van der Waals surface area contributed by atoms with E-state index in [1.54, 1.807) is 48.9 Å². The van der Waals surface area contributed by atoms with E-state index in [9.17, 15) is 18.0 Å². The third kappa shape index (κ3) is 4.89. The number of pyridine rings is 1. The normalized spacial score (nSPS) is 11.2. The van der Waals surface area contributed by atoms with Gasteiger partial charge in [-0.05, 0) is 48.5 Å². The molecule has 6 nitrogen and oxygen atoms in total. The van der Waals surface area contributed by atoms with Crippen molar-refractivity contribution >= 4 is 23.3 Å². The zero-order valence-electron chi connectivity index (χ0n) is 15.9. The van der Waals surface area contributed by atoms with Gasteiger partial charge in [-0.2, -0.15) is 13.2 Å². The molecule has 2 aromatic heterocycles. The van der Waals surface area contributed by atoms with Crippen molar-refractivity contribution in [2.75, 3.05) is 10.6 Å². The smallest absolute Gasteiger partial charge is 0.416 e. The highest BCUT2D eigenvalue weighted by molar-refractivity contribution is 6.04. The Morgan fingerprint density at radius 2 is 1.74 bits per heavy atom. The molecule has 0 bridgehead atoms. The Labute approximate surface area is 174 Å². The number of nitrogens with zero attached hydrogens (tertiary/aromatic N) is 2. The van der Waals surface area contributed by atoms with E-state index in [1.807, 2.05) is 6.07 Å². The van der Waals surface area contributed by atoms with Crippen LogP contribution in [0.25, 0.3) is 11.3 Å². The topological polar surface area (TPSA) is 80.0 Å². The summed E-state index contributed by atoms with van der Waals surface area (Å²) in [4.78, 5) is 20.6. The Kier molecular flexibility index (Phi) is 5.40. The number of aromatic nitrogens is 2. The number of benzene rings is 2. The first kappa shape index (κ1) is 20.1. The number of carbonyl (C=O) groups excluding carboxylic acids is 1. The van der Waals surface area contributed by atoms with Gasteiger partial charge in [0.2, 0.25) is 0 Å². The minimum absolute atomic E-state index is 0.0954. The van der Waals surface area contributed by atoms with Crippen molar-refractivity contribution in [3.05, 3.63) is 90.4 Å². The second-order valence-corrected chi connectivity index (χ2v) is 6.51. The van der Waals surface area contributed by atoms with Gasteiger partial charge in [0, 0.05) is 34.9 Å². The molecule has 31 heavy (non-hydrogen) atoms. The van der Waals surface area contributed by atoms with Crippen LogP contribution in [0.5, 0.6) is 0 Å². The maximum absolute atomic E-state index is 12.9. The maximum Gasteiger partial charge on any atom is 0.416 e. The molecule has 0 saturated carbocycles. The highest BCUT2D eigenvalue weighted by Crippen LogP contribution is 2.30. The van der Waals surface area contributed by atoms with Crippen LogP contribution >= 0.6 is 0 Å². The van der Waals surface area contributed by atoms with Crippen molar-refractivity contribution in [1.29, 1.82) is 0 Å². The molecule has 0 saturated heterocycles. The second kappa shape index (κ2) is 8.31. The van der Waals surface area contributed by atoms with E-state index in [-0.39, 0.29) is 11.6 Å². The number of halogens is 3. The molecule has 156 valence electrons. The summed E-state index contributed by atoms with van der Waals surface area (Å²) >= 11 is 0. The first-order valence-electron chi connectivity index (χ1n) is 9.10. The highest BCUT2D eigenvalue weighted by atomic mass is 19.4. The average molecular weight is 424 g/mol. The van der Waals surface area contributed by atoms with Gasteiger partial charge in [0.25, 0.3) is 11.9 Å². The number of alkyl halides is 3. The first-order valence-corrected chi connectivity index (χ1v) is 9.10. The van der Waals surface area contributed by atoms with Crippen LogP contribution in [0.2, 0.25) is 0 Å². The average Bonchev–Trinajstić information content (AvgIpc) is 3.22. The molecule has 0 atom stereocenters. The lowest BCUT2D eigenvalue weighted by Gasteiger charge is -2.10. The maximum atomic E-state index is 12.9. The van der Waals surface area contributed by atoms with E-state index in [2.05, 4.69) is 20.6 Å². The summed E-state index contributed by atoms with van der Waals surface area (Å²) in [6.07, 6.45) is 0.329. The van der Waals surface area contributed by atoms with Crippen LogP contribution in [0.4, 0.5) is 30.6 Å². The minimum atomic E-state index is -4.52. The van der Waals surface area contributed by atoms with Crippen LogP contribution in [0.1, 0.15) is 15.9 Å². The van der Waals surface area contributed by atoms with Gasteiger partial charge in [-0.3, -0.25) is 9.78 Å². The van der Waals surface area contributed by atoms with Gasteiger partial charge >= 0.3 is 6.18 Å². The lowest BCUT2D eigenvalue weighted by molar-refractivity contribution is -0.137. The molecule has 0 aliphatic rings. The van der Waals surface area contributed by atoms with Crippen LogP contribution in [-0.4, -0.2) is 15.9 Å². The van der Waals surface area contributed by atoms with Crippen molar-refractivity contribution in [1.82, 2.24) is 9.97 Å². The Hall–Kier alpha value is -4.14. The number of hydrogen-bond acceptors (Lipinski definition) is 5. The van der Waals surface area contributed by atoms with Crippen molar-refractivity contribution in [2.24, 2.45) is 0 Å². The van der Waals surface area contributed by atoms with E-state index in [1.165, 1.54) is 12.1 Å². The number of amides is 1. The zero-order chi connectivity index (χ0) is 21.8. The van der Waals surface area contributed by atoms with Crippen LogP contribution in [-0.2, 0) is 6.18 Å². The van der Waals surface area contributed by atoms with E-state index >= 15 is 0 Å². The molecule has 0 unspecified atom stereocenters. The van der Waals surface area contributed by atoms with Crippen LogP contribution < -0.4 is 10.6 Å². The molecule has 0 aliphatic heterocycles. The van der Waals surface area contributed by atoms with Crippen molar-refractivity contribution in [2.45, 2.75) is 6.18 Å². The molecule has 0 radical (unpaired) electrons. The second-order valence-electron chi connectivity index (χ2n) is 6.51. The fourth-order valence-corrected chi connectivity index (χ4v) is 2.81. The van der Waals surface area contributed by atoms with Crippen LogP contribution in [0.3, 0.4) is 0 Å². The summed E-state index contributed by atoms with van der Waals surface area (Å²) in [6, 6.07) is 14.7. The Morgan fingerprint density at radius 1 is 0.935 bits per heavy atom. The highest BCUT2D eigenvalue weighted by Gasteiger charge is 2.30. The number of oxazole rings is 1. The monoisotopic (exact) mass is 424 g/mol. The predicted octanol–water partition coefficient (Wildman–Crippen LogP) is 5.75. The van der Waals surface area contributed by atoms with E-state index in [4.69, 9.17) is 4.42 Å². The fourth-order valence-electron chi connectivity index (χ4n) is 2.81. The standard InChI is InChI=1S/C22H15F3N4O2/c23-22(24,25)16-6-1-4-14(10-16)20(30)28-17-7-2-8-18(11-17)29-21-27-13-19(31-21)15-5-3-9-26-12-15/h1-13H,(H,27,29)(H,28,30).